The molecule has 0 aliphatic heterocycles. The molecular weight excluding hydrogens is 324 g/mol. The zero-order valence-electron chi connectivity index (χ0n) is 15.4. The lowest BCUT2D eigenvalue weighted by Crippen LogP contribution is -2.27. The van der Waals surface area contributed by atoms with Crippen LogP contribution in [0.2, 0.25) is 0 Å². The van der Waals surface area contributed by atoms with E-state index in [-0.39, 0.29) is 23.7 Å². The Hall–Kier alpha value is -2.62. The molecule has 2 aromatic rings. The molecule has 1 aliphatic carbocycles. The summed E-state index contributed by atoms with van der Waals surface area (Å²) in [7, 11) is 0. The van der Waals surface area contributed by atoms with E-state index in [9.17, 15) is 9.59 Å². The van der Waals surface area contributed by atoms with Crippen LogP contribution in [0.3, 0.4) is 0 Å². The Balaban J connectivity index is 1.75. The Bertz CT molecular complexity index is 769. The second-order valence-electron chi connectivity index (χ2n) is 7.09. The van der Waals surface area contributed by atoms with Gasteiger partial charge >= 0.3 is 0 Å². The van der Waals surface area contributed by atoms with Gasteiger partial charge in [-0.25, -0.2) is 0 Å². The van der Waals surface area contributed by atoms with E-state index >= 15 is 0 Å². The molecule has 0 unspecified atom stereocenters. The molecule has 136 valence electrons. The number of amides is 2. The number of carbonyl (C=O) groups excluding carboxylic acids is 2. The molecule has 0 radical (unpaired) electrons. The maximum atomic E-state index is 13.0. The van der Waals surface area contributed by atoms with Crippen molar-refractivity contribution in [1.82, 2.24) is 5.32 Å². The van der Waals surface area contributed by atoms with Crippen molar-refractivity contribution in [3.8, 4) is 0 Å². The average Bonchev–Trinajstić information content (AvgIpc) is 3.47. The Morgan fingerprint density at radius 2 is 1.81 bits per heavy atom. The SMILES string of the molecule is CC[C@H](C)[C@H](C(=O)Nc1cccc(C(=O)NC2CC2)c1)c1ccccc1. The van der Waals surface area contributed by atoms with E-state index in [0.29, 0.717) is 17.3 Å². The number of nitrogens with one attached hydrogen (secondary N) is 2. The minimum absolute atomic E-state index is 0.0368. The Kier molecular flexibility index (Phi) is 5.71. The molecule has 2 N–H and O–H groups in total. The molecule has 1 fully saturated rings. The van der Waals surface area contributed by atoms with E-state index in [1.807, 2.05) is 36.4 Å². The number of benzene rings is 2. The van der Waals surface area contributed by atoms with Crippen molar-refractivity contribution >= 4 is 17.5 Å². The minimum Gasteiger partial charge on any atom is -0.349 e. The summed E-state index contributed by atoms with van der Waals surface area (Å²) < 4.78 is 0. The maximum Gasteiger partial charge on any atom is 0.251 e. The molecule has 2 atom stereocenters. The van der Waals surface area contributed by atoms with Crippen LogP contribution in [-0.4, -0.2) is 17.9 Å². The van der Waals surface area contributed by atoms with Gasteiger partial charge in [-0.05, 0) is 42.5 Å². The summed E-state index contributed by atoms with van der Waals surface area (Å²) in [4.78, 5) is 25.2. The summed E-state index contributed by atoms with van der Waals surface area (Å²) in [6.07, 6.45) is 3.02. The standard InChI is InChI=1S/C22H26N2O2/c1-3-15(2)20(16-8-5-4-6-9-16)22(26)24-19-11-7-10-17(14-19)21(25)23-18-12-13-18/h4-11,14-15,18,20H,3,12-13H2,1-2H3,(H,23,25)(H,24,26)/t15-,20-/m0/s1. The van der Waals surface area contributed by atoms with E-state index in [2.05, 4.69) is 24.5 Å². The van der Waals surface area contributed by atoms with Gasteiger partial charge in [0.15, 0.2) is 0 Å². The van der Waals surface area contributed by atoms with Crippen LogP contribution < -0.4 is 10.6 Å². The average molecular weight is 350 g/mol. The van der Waals surface area contributed by atoms with Gasteiger partial charge in [-0.2, -0.15) is 0 Å². The second-order valence-corrected chi connectivity index (χ2v) is 7.09. The number of hydrogen-bond donors (Lipinski definition) is 2. The van der Waals surface area contributed by atoms with Gasteiger partial charge < -0.3 is 10.6 Å². The zero-order chi connectivity index (χ0) is 18.5. The first-order valence-electron chi connectivity index (χ1n) is 9.35. The van der Waals surface area contributed by atoms with Gasteiger partial charge in [0.1, 0.15) is 0 Å². The van der Waals surface area contributed by atoms with Crippen LogP contribution in [-0.2, 0) is 4.79 Å². The smallest absolute Gasteiger partial charge is 0.251 e. The first-order valence-corrected chi connectivity index (χ1v) is 9.35. The lowest BCUT2D eigenvalue weighted by atomic mass is 9.85. The molecule has 2 aromatic carbocycles. The van der Waals surface area contributed by atoms with Crippen molar-refractivity contribution in [2.45, 2.75) is 45.1 Å². The van der Waals surface area contributed by atoms with Crippen LogP contribution in [0.4, 0.5) is 5.69 Å². The van der Waals surface area contributed by atoms with Crippen LogP contribution in [0, 0.1) is 5.92 Å². The molecule has 4 heteroatoms. The molecule has 4 nitrogen and oxygen atoms in total. The highest BCUT2D eigenvalue weighted by Gasteiger charge is 2.26. The summed E-state index contributed by atoms with van der Waals surface area (Å²) in [6, 6.07) is 17.3. The third-order valence-electron chi connectivity index (χ3n) is 4.96. The maximum absolute atomic E-state index is 13.0. The summed E-state index contributed by atoms with van der Waals surface area (Å²) in [5.41, 5.74) is 2.25. The van der Waals surface area contributed by atoms with Gasteiger partial charge in [0.2, 0.25) is 5.91 Å². The molecular formula is C22H26N2O2. The highest BCUT2D eigenvalue weighted by molar-refractivity contribution is 5.99. The van der Waals surface area contributed by atoms with Gasteiger partial charge in [-0.1, -0.05) is 56.7 Å². The lowest BCUT2D eigenvalue weighted by molar-refractivity contribution is -0.118. The molecule has 0 aromatic heterocycles. The topological polar surface area (TPSA) is 58.2 Å². The van der Waals surface area contributed by atoms with Crippen molar-refractivity contribution in [2.24, 2.45) is 5.92 Å². The molecule has 1 aliphatic rings. The van der Waals surface area contributed by atoms with Crippen molar-refractivity contribution < 1.29 is 9.59 Å². The van der Waals surface area contributed by atoms with E-state index in [1.165, 1.54) is 0 Å². The molecule has 1 saturated carbocycles. The molecule has 0 heterocycles. The van der Waals surface area contributed by atoms with E-state index in [0.717, 1.165) is 24.8 Å². The number of hydrogen-bond acceptors (Lipinski definition) is 2. The van der Waals surface area contributed by atoms with Crippen LogP contribution in [0.15, 0.2) is 54.6 Å². The lowest BCUT2D eigenvalue weighted by Gasteiger charge is -2.23. The summed E-state index contributed by atoms with van der Waals surface area (Å²) >= 11 is 0. The molecule has 0 spiro atoms. The van der Waals surface area contributed by atoms with Gasteiger partial charge in [-0.3, -0.25) is 9.59 Å². The minimum atomic E-state index is -0.217. The molecule has 3 rings (SSSR count). The van der Waals surface area contributed by atoms with Crippen molar-refractivity contribution in [3.05, 3.63) is 65.7 Å². The number of anilines is 1. The molecule has 2 amide bonds. The Labute approximate surface area is 155 Å². The van der Waals surface area contributed by atoms with Crippen molar-refractivity contribution in [2.75, 3.05) is 5.32 Å². The number of carbonyl (C=O) groups is 2. The van der Waals surface area contributed by atoms with Gasteiger partial charge in [0, 0.05) is 17.3 Å². The van der Waals surface area contributed by atoms with E-state index < -0.39 is 0 Å². The van der Waals surface area contributed by atoms with Crippen LogP contribution in [0.1, 0.15) is 54.9 Å². The fraction of sp³-hybridized carbons (Fsp3) is 0.364. The molecule has 0 bridgehead atoms. The van der Waals surface area contributed by atoms with Crippen LogP contribution in [0.5, 0.6) is 0 Å². The Morgan fingerprint density at radius 1 is 1.08 bits per heavy atom. The fourth-order valence-electron chi connectivity index (χ4n) is 3.09. The zero-order valence-corrected chi connectivity index (χ0v) is 15.4. The predicted molar refractivity (Wildman–Crippen MR) is 104 cm³/mol. The third kappa shape index (κ3) is 4.51. The van der Waals surface area contributed by atoms with Gasteiger partial charge in [0.05, 0.1) is 5.92 Å². The Morgan fingerprint density at radius 3 is 2.46 bits per heavy atom. The van der Waals surface area contributed by atoms with E-state index in [4.69, 9.17) is 0 Å². The monoisotopic (exact) mass is 350 g/mol. The molecule has 0 saturated heterocycles. The van der Waals surface area contributed by atoms with Gasteiger partial charge in [0.25, 0.3) is 5.91 Å². The summed E-state index contributed by atoms with van der Waals surface area (Å²) in [5.74, 6) is -0.112. The van der Waals surface area contributed by atoms with Gasteiger partial charge in [-0.15, -0.1) is 0 Å². The third-order valence-corrected chi connectivity index (χ3v) is 4.96. The first-order chi connectivity index (χ1) is 12.6. The van der Waals surface area contributed by atoms with E-state index in [1.54, 1.807) is 18.2 Å². The summed E-state index contributed by atoms with van der Waals surface area (Å²) in [6.45, 7) is 4.19. The summed E-state index contributed by atoms with van der Waals surface area (Å²) in [5, 5.41) is 5.98. The normalized spacial score (nSPS) is 15.8. The highest BCUT2D eigenvalue weighted by Crippen LogP contribution is 2.28. The second kappa shape index (κ2) is 8.17. The fourth-order valence-corrected chi connectivity index (χ4v) is 3.09. The number of rotatable bonds is 7. The largest absolute Gasteiger partial charge is 0.349 e. The first kappa shape index (κ1) is 18.2. The molecule has 26 heavy (non-hydrogen) atoms. The van der Waals surface area contributed by atoms with Crippen LogP contribution in [0.25, 0.3) is 0 Å². The predicted octanol–water partition coefficient (Wildman–Crippen LogP) is 4.35. The quantitative estimate of drug-likeness (QED) is 0.780. The van der Waals surface area contributed by atoms with Crippen molar-refractivity contribution in [1.29, 1.82) is 0 Å². The van der Waals surface area contributed by atoms with Crippen LogP contribution >= 0.6 is 0 Å². The highest BCUT2D eigenvalue weighted by atomic mass is 16.2. The van der Waals surface area contributed by atoms with Crippen molar-refractivity contribution in [3.63, 3.8) is 0 Å².